The molecule has 2 fully saturated rings. The van der Waals surface area contributed by atoms with E-state index in [0.717, 1.165) is 32.5 Å². The van der Waals surface area contributed by atoms with E-state index in [9.17, 15) is 9.59 Å². The number of nitrogens with zero attached hydrogens (tertiary/aromatic N) is 3. The predicted molar refractivity (Wildman–Crippen MR) is 104 cm³/mol. The number of piperazine rings is 1. The van der Waals surface area contributed by atoms with Crippen LogP contribution in [-0.2, 0) is 16.1 Å². The van der Waals surface area contributed by atoms with Gasteiger partial charge < -0.3 is 14.5 Å². The van der Waals surface area contributed by atoms with Gasteiger partial charge >= 0.3 is 6.09 Å². The monoisotopic (exact) mass is 373 g/mol. The fraction of sp³-hybridized carbons (Fsp3) is 0.619. The lowest BCUT2D eigenvalue weighted by Gasteiger charge is -2.38. The minimum Gasteiger partial charge on any atom is -0.450 e. The molecule has 1 aromatic rings. The average Bonchev–Trinajstić information content (AvgIpc) is 2.70. The molecule has 27 heavy (non-hydrogen) atoms. The van der Waals surface area contributed by atoms with Crippen LogP contribution in [0.4, 0.5) is 4.79 Å². The van der Waals surface area contributed by atoms with E-state index in [1.807, 2.05) is 11.8 Å². The third kappa shape index (κ3) is 5.01. The zero-order valence-corrected chi connectivity index (χ0v) is 16.5. The Balaban J connectivity index is 1.51. The number of aryl methyl sites for hydroxylation is 1. The van der Waals surface area contributed by atoms with Crippen LogP contribution in [-0.4, -0.2) is 72.6 Å². The summed E-state index contributed by atoms with van der Waals surface area (Å²) in [4.78, 5) is 30.8. The maximum Gasteiger partial charge on any atom is 0.409 e. The van der Waals surface area contributed by atoms with E-state index in [0.29, 0.717) is 32.8 Å². The van der Waals surface area contributed by atoms with Gasteiger partial charge in [-0.25, -0.2) is 4.79 Å². The lowest BCUT2D eigenvalue weighted by Crippen LogP contribution is -2.53. The Morgan fingerprint density at radius 1 is 1.07 bits per heavy atom. The van der Waals surface area contributed by atoms with Crippen LogP contribution >= 0.6 is 0 Å². The van der Waals surface area contributed by atoms with Gasteiger partial charge in [0.1, 0.15) is 0 Å². The summed E-state index contributed by atoms with van der Waals surface area (Å²) in [6, 6.07) is 8.47. The summed E-state index contributed by atoms with van der Waals surface area (Å²) in [7, 11) is 0. The van der Waals surface area contributed by atoms with Gasteiger partial charge in [0.05, 0.1) is 12.5 Å². The van der Waals surface area contributed by atoms with Crippen molar-refractivity contribution in [3.63, 3.8) is 0 Å². The van der Waals surface area contributed by atoms with Gasteiger partial charge in [-0.3, -0.25) is 9.69 Å². The van der Waals surface area contributed by atoms with Gasteiger partial charge in [0.2, 0.25) is 5.91 Å². The molecular formula is C21H31N3O3. The number of carbonyl (C=O) groups excluding carboxylic acids is 2. The van der Waals surface area contributed by atoms with Gasteiger partial charge in [-0.15, -0.1) is 0 Å². The molecule has 0 bridgehead atoms. The molecule has 3 rings (SSSR count). The van der Waals surface area contributed by atoms with Crippen molar-refractivity contribution in [3.8, 4) is 0 Å². The lowest BCUT2D eigenvalue weighted by atomic mass is 9.95. The molecule has 2 saturated heterocycles. The third-order valence-electron chi connectivity index (χ3n) is 5.63. The number of rotatable bonds is 4. The summed E-state index contributed by atoms with van der Waals surface area (Å²) in [5.74, 6) is 0.310. The normalized spacial score (nSPS) is 21.2. The Labute approximate surface area is 162 Å². The first-order valence-corrected chi connectivity index (χ1v) is 10.1. The predicted octanol–water partition coefficient (Wildman–Crippen LogP) is 2.51. The van der Waals surface area contributed by atoms with Crippen molar-refractivity contribution < 1.29 is 14.3 Å². The van der Waals surface area contributed by atoms with E-state index in [2.05, 4.69) is 36.1 Å². The van der Waals surface area contributed by atoms with Crippen LogP contribution in [0.25, 0.3) is 0 Å². The molecule has 0 spiro atoms. The molecule has 0 aromatic heterocycles. The Bertz CT molecular complexity index is 656. The number of likely N-dealkylation sites (tertiary alicyclic amines) is 1. The van der Waals surface area contributed by atoms with E-state index in [1.54, 1.807) is 4.90 Å². The van der Waals surface area contributed by atoms with Gasteiger partial charge in [0, 0.05) is 39.3 Å². The second kappa shape index (κ2) is 9.22. The quantitative estimate of drug-likeness (QED) is 0.814. The molecule has 1 unspecified atom stereocenters. The molecule has 2 aliphatic rings. The highest BCUT2D eigenvalue weighted by molar-refractivity contribution is 5.79. The zero-order chi connectivity index (χ0) is 19.2. The Morgan fingerprint density at radius 3 is 2.48 bits per heavy atom. The molecule has 1 atom stereocenters. The number of ether oxygens (including phenoxy) is 1. The van der Waals surface area contributed by atoms with Crippen LogP contribution in [0.15, 0.2) is 24.3 Å². The van der Waals surface area contributed by atoms with Crippen molar-refractivity contribution in [3.05, 3.63) is 35.4 Å². The molecular weight excluding hydrogens is 342 g/mol. The molecule has 0 radical (unpaired) electrons. The van der Waals surface area contributed by atoms with E-state index >= 15 is 0 Å². The molecule has 0 N–H and O–H groups in total. The van der Waals surface area contributed by atoms with Crippen LogP contribution in [0, 0.1) is 12.8 Å². The number of hydrogen-bond donors (Lipinski definition) is 0. The van der Waals surface area contributed by atoms with Crippen LogP contribution in [0.5, 0.6) is 0 Å². The van der Waals surface area contributed by atoms with Gasteiger partial charge in [-0.1, -0.05) is 24.3 Å². The summed E-state index contributed by atoms with van der Waals surface area (Å²) in [5.41, 5.74) is 2.65. The number of benzene rings is 1. The molecule has 0 saturated carbocycles. The summed E-state index contributed by atoms with van der Waals surface area (Å²) in [5, 5.41) is 0. The fourth-order valence-electron chi connectivity index (χ4n) is 4.01. The summed E-state index contributed by atoms with van der Waals surface area (Å²) >= 11 is 0. The Kier molecular flexibility index (Phi) is 6.72. The van der Waals surface area contributed by atoms with E-state index in [-0.39, 0.29) is 17.9 Å². The molecule has 6 heteroatoms. The lowest BCUT2D eigenvalue weighted by molar-refractivity contribution is -0.139. The minimum absolute atomic E-state index is 0.0666. The first kappa shape index (κ1) is 19.7. The first-order valence-electron chi connectivity index (χ1n) is 10.1. The van der Waals surface area contributed by atoms with E-state index in [4.69, 9.17) is 4.74 Å². The standard InChI is InChI=1S/C21H31N3O3/c1-3-27-21(26)24-13-11-23(12-14-24)20(25)19-9-6-10-22(16-19)15-18-8-5-4-7-17(18)2/h4-5,7-8,19H,3,6,9-16H2,1-2H3. The van der Waals surface area contributed by atoms with Crippen LogP contribution < -0.4 is 0 Å². The molecule has 1 aromatic carbocycles. The van der Waals surface area contributed by atoms with E-state index in [1.165, 1.54) is 11.1 Å². The van der Waals surface area contributed by atoms with Crippen LogP contribution in [0.1, 0.15) is 30.9 Å². The topological polar surface area (TPSA) is 53.1 Å². The smallest absolute Gasteiger partial charge is 0.409 e. The highest BCUT2D eigenvalue weighted by Crippen LogP contribution is 2.22. The molecule has 2 aliphatic heterocycles. The number of hydrogen-bond acceptors (Lipinski definition) is 4. The Hall–Kier alpha value is -2.08. The zero-order valence-electron chi connectivity index (χ0n) is 16.5. The van der Waals surface area contributed by atoms with Crippen molar-refractivity contribution >= 4 is 12.0 Å². The maximum absolute atomic E-state index is 13.0. The molecule has 148 valence electrons. The average molecular weight is 373 g/mol. The summed E-state index contributed by atoms with van der Waals surface area (Å²) < 4.78 is 5.05. The maximum atomic E-state index is 13.0. The first-order chi connectivity index (χ1) is 13.1. The fourth-order valence-corrected chi connectivity index (χ4v) is 4.01. The van der Waals surface area contributed by atoms with Gasteiger partial charge in [0.15, 0.2) is 0 Å². The molecule has 2 amide bonds. The van der Waals surface area contributed by atoms with Gasteiger partial charge in [0.25, 0.3) is 0 Å². The number of piperidine rings is 1. The summed E-state index contributed by atoms with van der Waals surface area (Å²) in [6.07, 6.45) is 1.75. The summed E-state index contributed by atoms with van der Waals surface area (Å²) in [6.45, 7) is 9.45. The van der Waals surface area contributed by atoms with Gasteiger partial charge in [-0.2, -0.15) is 0 Å². The van der Waals surface area contributed by atoms with Crippen molar-refractivity contribution in [1.29, 1.82) is 0 Å². The Morgan fingerprint density at radius 2 is 1.78 bits per heavy atom. The van der Waals surface area contributed by atoms with Crippen molar-refractivity contribution in [2.24, 2.45) is 5.92 Å². The number of carbonyl (C=O) groups is 2. The van der Waals surface area contributed by atoms with Crippen molar-refractivity contribution in [1.82, 2.24) is 14.7 Å². The molecule has 2 heterocycles. The number of amides is 2. The minimum atomic E-state index is -0.272. The third-order valence-corrected chi connectivity index (χ3v) is 5.63. The molecule has 0 aliphatic carbocycles. The van der Waals surface area contributed by atoms with Crippen LogP contribution in [0.2, 0.25) is 0 Å². The SMILES string of the molecule is CCOC(=O)N1CCN(C(=O)C2CCCN(Cc3ccccc3C)C2)CC1. The second-order valence-corrected chi connectivity index (χ2v) is 7.51. The van der Waals surface area contributed by atoms with Gasteiger partial charge in [-0.05, 0) is 44.4 Å². The van der Waals surface area contributed by atoms with E-state index < -0.39 is 0 Å². The highest BCUT2D eigenvalue weighted by Gasteiger charge is 2.32. The largest absolute Gasteiger partial charge is 0.450 e. The van der Waals surface area contributed by atoms with Crippen molar-refractivity contribution in [2.75, 3.05) is 45.9 Å². The molecule has 6 nitrogen and oxygen atoms in total. The second-order valence-electron chi connectivity index (χ2n) is 7.51. The van der Waals surface area contributed by atoms with Crippen LogP contribution in [0.3, 0.4) is 0 Å². The highest BCUT2D eigenvalue weighted by atomic mass is 16.6. The van der Waals surface area contributed by atoms with Crippen molar-refractivity contribution in [2.45, 2.75) is 33.2 Å².